The molecule has 1 aliphatic heterocycles. The Labute approximate surface area is 136 Å². The van der Waals surface area contributed by atoms with Gasteiger partial charge in [0.15, 0.2) is 6.10 Å². The van der Waals surface area contributed by atoms with E-state index in [2.05, 4.69) is 30.6 Å². The van der Waals surface area contributed by atoms with E-state index in [1.165, 1.54) is 16.2 Å². The molecule has 0 saturated heterocycles. The van der Waals surface area contributed by atoms with E-state index in [-0.39, 0.29) is 5.97 Å². The summed E-state index contributed by atoms with van der Waals surface area (Å²) in [5.41, 5.74) is 1.11. The molecule has 1 atom stereocenters. The monoisotopic (exact) mass is 321 g/mol. The Balaban J connectivity index is 1.88. The first-order valence-electron chi connectivity index (χ1n) is 7.75. The molecule has 1 aromatic rings. The van der Waals surface area contributed by atoms with Crippen molar-refractivity contribution in [1.29, 1.82) is 0 Å². The van der Waals surface area contributed by atoms with Gasteiger partial charge in [-0.25, -0.2) is 4.79 Å². The predicted molar refractivity (Wildman–Crippen MR) is 88.1 cm³/mol. The standard InChI is InChI=1S/C17H23NO3S/c1-4-18(5-2)9-6-7-13(3)21-17(19)16-11-14-12-20-10-8-15(14)22-16/h11,13H,4-5,8-10,12H2,1-3H3. The van der Waals surface area contributed by atoms with Crippen LogP contribution in [0.3, 0.4) is 0 Å². The highest BCUT2D eigenvalue weighted by molar-refractivity contribution is 7.14. The number of ether oxygens (including phenoxy) is 2. The Bertz CT molecular complexity index is 543. The summed E-state index contributed by atoms with van der Waals surface area (Å²) in [6, 6.07) is 1.89. The van der Waals surface area contributed by atoms with Crippen LogP contribution in [0.5, 0.6) is 0 Å². The second-order valence-corrected chi connectivity index (χ2v) is 6.33. The van der Waals surface area contributed by atoms with Crippen LogP contribution >= 0.6 is 11.3 Å². The zero-order valence-electron chi connectivity index (χ0n) is 13.5. The highest BCUT2D eigenvalue weighted by atomic mass is 32.1. The van der Waals surface area contributed by atoms with E-state index in [9.17, 15) is 4.79 Å². The highest BCUT2D eigenvalue weighted by Gasteiger charge is 2.19. The van der Waals surface area contributed by atoms with Gasteiger partial charge in [0.1, 0.15) is 4.88 Å². The minimum absolute atomic E-state index is 0.288. The molecule has 0 bridgehead atoms. The second kappa shape index (κ2) is 8.33. The number of nitrogens with zero attached hydrogens (tertiary/aromatic N) is 1. The normalized spacial score (nSPS) is 14.9. The molecule has 0 N–H and O–H groups in total. The molecule has 0 fully saturated rings. The summed E-state index contributed by atoms with van der Waals surface area (Å²) in [4.78, 5) is 16.2. The molecular formula is C17H23NO3S. The van der Waals surface area contributed by atoms with Crippen LogP contribution in [0.2, 0.25) is 0 Å². The van der Waals surface area contributed by atoms with Gasteiger partial charge in [-0.1, -0.05) is 25.7 Å². The molecule has 0 saturated carbocycles. The van der Waals surface area contributed by atoms with Gasteiger partial charge >= 0.3 is 5.97 Å². The quantitative estimate of drug-likeness (QED) is 0.617. The number of hydrogen-bond donors (Lipinski definition) is 0. The molecule has 0 aliphatic carbocycles. The van der Waals surface area contributed by atoms with Crippen LogP contribution in [-0.2, 0) is 22.5 Å². The molecular weight excluding hydrogens is 298 g/mol. The maximum absolute atomic E-state index is 12.2. The van der Waals surface area contributed by atoms with Crippen LogP contribution < -0.4 is 0 Å². The van der Waals surface area contributed by atoms with E-state index in [0.717, 1.165) is 31.7 Å². The molecule has 1 aromatic heterocycles. The third kappa shape index (κ3) is 4.57. The smallest absolute Gasteiger partial charge is 0.349 e. The summed E-state index contributed by atoms with van der Waals surface area (Å²) < 4.78 is 10.8. The van der Waals surface area contributed by atoms with E-state index in [4.69, 9.17) is 9.47 Å². The van der Waals surface area contributed by atoms with Crippen LogP contribution in [0.4, 0.5) is 0 Å². The Morgan fingerprint density at radius 1 is 1.50 bits per heavy atom. The molecule has 0 amide bonds. The molecule has 2 heterocycles. The van der Waals surface area contributed by atoms with Gasteiger partial charge in [0.2, 0.25) is 0 Å². The van der Waals surface area contributed by atoms with Crippen molar-refractivity contribution in [3.8, 4) is 11.8 Å². The molecule has 1 unspecified atom stereocenters. The van der Waals surface area contributed by atoms with Gasteiger partial charge in [-0.2, -0.15) is 0 Å². The van der Waals surface area contributed by atoms with Crippen molar-refractivity contribution in [2.45, 2.75) is 39.9 Å². The maximum Gasteiger partial charge on any atom is 0.349 e. The lowest BCUT2D eigenvalue weighted by Gasteiger charge is -2.13. The number of fused-ring (bicyclic) bond motifs is 1. The van der Waals surface area contributed by atoms with Gasteiger partial charge < -0.3 is 9.47 Å². The topological polar surface area (TPSA) is 38.8 Å². The van der Waals surface area contributed by atoms with Gasteiger partial charge in [0, 0.05) is 11.3 Å². The summed E-state index contributed by atoms with van der Waals surface area (Å²) in [6.45, 7) is 10.0. The van der Waals surface area contributed by atoms with Crippen LogP contribution in [0.25, 0.3) is 0 Å². The van der Waals surface area contributed by atoms with E-state index < -0.39 is 6.10 Å². The number of carbonyl (C=O) groups is 1. The lowest BCUT2D eigenvalue weighted by atomic mass is 10.2. The van der Waals surface area contributed by atoms with Crippen molar-refractivity contribution in [3.63, 3.8) is 0 Å². The zero-order chi connectivity index (χ0) is 15.9. The Kier molecular flexibility index (Phi) is 6.44. The Morgan fingerprint density at radius 2 is 2.27 bits per heavy atom. The number of rotatable bonds is 5. The van der Waals surface area contributed by atoms with Gasteiger partial charge in [0.25, 0.3) is 0 Å². The fourth-order valence-corrected chi connectivity index (χ4v) is 3.28. The molecule has 22 heavy (non-hydrogen) atoms. The fourth-order valence-electron chi connectivity index (χ4n) is 2.24. The minimum atomic E-state index is -0.390. The van der Waals surface area contributed by atoms with E-state index in [1.807, 2.05) is 13.0 Å². The Morgan fingerprint density at radius 3 is 2.95 bits per heavy atom. The molecule has 4 nitrogen and oxygen atoms in total. The van der Waals surface area contributed by atoms with Crippen LogP contribution in [0.1, 0.15) is 40.9 Å². The van der Waals surface area contributed by atoms with Crippen LogP contribution in [-0.4, -0.2) is 43.2 Å². The van der Waals surface area contributed by atoms with Gasteiger partial charge in [-0.05, 0) is 31.6 Å². The number of esters is 1. The van der Waals surface area contributed by atoms with Crippen molar-refractivity contribution in [2.75, 3.05) is 26.2 Å². The minimum Gasteiger partial charge on any atom is -0.445 e. The van der Waals surface area contributed by atoms with Gasteiger partial charge in [-0.15, -0.1) is 11.3 Å². The number of carbonyl (C=O) groups excluding carboxylic acids is 1. The number of thiophene rings is 1. The first kappa shape index (κ1) is 17.0. The summed E-state index contributed by atoms with van der Waals surface area (Å²) >= 11 is 1.51. The van der Waals surface area contributed by atoms with Crippen LogP contribution in [0, 0.1) is 11.8 Å². The van der Waals surface area contributed by atoms with Crippen molar-refractivity contribution in [3.05, 3.63) is 21.4 Å². The first-order valence-corrected chi connectivity index (χ1v) is 8.56. The molecule has 120 valence electrons. The van der Waals surface area contributed by atoms with Crippen molar-refractivity contribution >= 4 is 17.3 Å². The molecule has 0 spiro atoms. The number of hydrogen-bond acceptors (Lipinski definition) is 5. The SMILES string of the molecule is CCN(CC)CC#CC(C)OC(=O)c1cc2c(s1)CCOC2. The van der Waals surface area contributed by atoms with E-state index in [0.29, 0.717) is 18.0 Å². The third-order valence-electron chi connectivity index (χ3n) is 3.62. The predicted octanol–water partition coefficient (Wildman–Crippen LogP) is 2.71. The van der Waals surface area contributed by atoms with Crippen LogP contribution in [0.15, 0.2) is 6.07 Å². The van der Waals surface area contributed by atoms with Gasteiger partial charge in [0.05, 0.1) is 19.8 Å². The maximum atomic E-state index is 12.2. The summed E-state index contributed by atoms with van der Waals surface area (Å²) in [5, 5.41) is 0. The van der Waals surface area contributed by atoms with E-state index in [1.54, 1.807) is 0 Å². The molecule has 1 aliphatic rings. The summed E-state index contributed by atoms with van der Waals surface area (Å²) in [6.07, 6.45) is 0.491. The summed E-state index contributed by atoms with van der Waals surface area (Å²) in [7, 11) is 0. The average molecular weight is 321 g/mol. The van der Waals surface area contributed by atoms with Crippen molar-refractivity contribution < 1.29 is 14.3 Å². The molecule has 0 aromatic carbocycles. The average Bonchev–Trinajstić information content (AvgIpc) is 2.95. The largest absolute Gasteiger partial charge is 0.445 e. The van der Waals surface area contributed by atoms with Crippen molar-refractivity contribution in [2.24, 2.45) is 0 Å². The third-order valence-corrected chi connectivity index (χ3v) is 4.83. The second-order valence-electron chi connectivity index (χ2n) is 5.19. The molecule has 0 radical (unpaired) electrons. The fraction of sp³-hybridized carbons (Fsp3) is 0.588. The van der Waals surface area contributed by atoms with Crippen molar-refractivity contribution in [1.82, 2.24) is 4.90 Å². The zero-order valence-corrected chi connectivity index (χ0v) is 14.3. The lowest BCUT2D eigenvalue weighted by Crippen LogP contribution is -2.23. The Hall–Kier alpha value is -1.35. The molecule has 5 heteroatoms. The highest BCUT2D eigenvalue weighted by Crippen LogP contribution is 2.27. The summed E-state index contributed by atoms with van der Waals surface area (Å²) in [5.74, 6) is 5.78. The lowest BCUT2D eigenvalue weighted by molar-refractivity contribution is 0.0444. The van der Waals surface area contributed by atoms with E-state index >= 15 is 0 Å². The first-order chi connectivity index (χ1) is 10.6. The molecule has 2 rings (SSSR count). The van der Waals surface area contributed by atoms with Gasteiger partial charge in [-0.3, -0.25) is 4.90 Å².